The van der Waals surface area contributed by atoms with E-state index in [0.717, 1.165) is 23.2 Å². The third-order valence-corrected chi connectivity index (χ3v) is 4.51. The van der Waals surface area contributed by atoms with Crippen LogP contribution in [-0.4, -0.2) is 21.3 Å². The van der Waals surface area contributed by atoms with E-state index in [1.54, 1.807) is 17.2 Å². The maximum Gasteiger partial charge on any atom is 0.270 e. The molecule has 2 aromatic heterocycles. The van der Waals surface area contributed by atoms with Gasteiger partial charge in [-0.3, -0.25) is 14.0 Å². The van der Waals surface area contributed by atoms with Gasteiger partial charge in [0.2, 0.25) is 0 Å². The SMILES string of the molecule is Cc1ccc2ncc(C(=O)N3c4ccccc4C[C@@H]3C)c(=O)n2c1. The van der Waals surface area contributed by atoms with Gasteiger partial charge in [0.1, 0.15) is 11.2 Å². The van der Waals surface area contributed by atoms with E-state index < -0.39 is 0 Å². The molecule has 0 unspecified atom stereocenters. The number of aryl methyl sites for hydroxylation is 1. The van der Waals surface area contributed by atoms with Crippen molar-refractivity contribution in [3.63, 3.8) is 0 Å². The van der Waals surface area contributed by atoms with Crippen molar-refractivity contribution < 1.29 is 4.79 Å². The van der Waals surface area contributed by atoms with Gasteiger partial charge in [0, 0.05) is 24.1 Å². The highest BCUT2D eigenvalue weighted by Crippen LogP contribution is 2.32. The van der Waals surface area contributed by atoms with E-state index in [0.29, 0.717) is 5.65 Å². The molecule has 0 saturated carbocycles. The summed E-state index contributed by atoms with van der Waals surface area (Å²) in [5, 5.41) is 0. The van der Waals surface area contributed by atoms with E-state index in [9.17, 15) is 9.59 Å². The summed E-state index contributed by atoms with van der Waals surface area (Å²) in [7, 11) is 0. The number of pyridine rings is 1. The number of carbonyl (C=O) groups excluding carboxylic acids is 1. The lowest BCUT2D eigenvalue weighted by molar-refractivity contribution is 0.0979. The van der Waals surface area contributed by atoms with Gasteiger partial charge in [-0.2, -0.15) is 0 Å². The number of nitrogens with zero attached hydrogens (tertiary/aromatic N) is 3. The Bertz CT molecular complexity index is 1020. The smallest absolute Gasteiger partial charge is 0.270 e. The summed E-state index contributed by atoms with van der Waals surface area (Å²) in [6, 6.07) is 11.5. The first-order valence-electron chi connectivity index (χ1n) is 7.96. The van der Waals surface area contributed by atoms with Crippen LogP contribution in [0.5, 0.6) is 0 Å². The van der Waals surface area contributed by atoms with Gasteiger partial charge in [0.15, 0.2) is 0 Å². The molecule has 0 bridgehead atoms. The lowest BCUT2D eigenvalue weighted by atomic mass is 10.1. The van der Waals surface area contributed by atoms with Crippen LogP contribution in [0.4, 0.5) is 5.69 Å². The zero-order chi connectivity index (χ0) is 16.8. The normalized spacial score (nSPS) is 16.4. The molecule has 1 aliphatic heterocycles. The number of carbonyl (C=O) groups is 1. The Hall–Kier alpha value is -2.95. The Kier molecular flexibility index (Phi) is 3.23. The molecule has 1 aliphatic rings. The fraction of sp³-hybridized carbons (Fsp3) is 0.211. The lowest BCUT2D eigenvalue weighted by Gasteiger charge is -2.22. The van der Waals surface area contributed by atoms with Crippen molar-refractivity contribution in [1.82, 2.24) is 9.38 Å². The minimum absolute atomic E-state index is 0.0208. The molecule has 0 aliphatic carbocycles. The molecular formula is C19H17N3O2. The zero-order valence-electron chi connectivity index (χ0n) is 13.6. The van der Waals surface area contributed by atoms with Crippen LogP contribution < -0.4 is 10.5 Å². The van der Waals surface area contributed by atoms with Crippen molar-refractivity contribution in [2.75, 3.05) is 4.90 Å². The van der Waals surface area contributed by atoms with Crippen LogP contribution in [0.15, 0.2) is 53.6 Å². The first-order chi connectivity index (χ1) is 11.6. The Morgan fingerprint density at radius 3 is 2.83 bits per heavy atom. The molecule has 3 heterocycles. The standard InChI is InChI=1S/C19H17N3O2/c1-12-7-8-17-20-10-15(18(23)21(17)11-12)19(24)22-13(2)9-14-5-3-4-6-16(14)22/h3-8,10-11,13H,9H2,1-2H3/t13-/m0/s1. The molecule has 0 spiro atoms. The van der Waals surface area contributed by atoms with E-state index in [1.807, 2.05) is 44.2 Å². The van der Waals surface area contributed by atoms with Crippen molar-refractivity contribution in [3.05, 3.63) is 75.8 Å². The summed E-state index contributed by atoms with van der Waals surface area (Å²) in [6.07, 6.45) is 3.90. The van der Waals surface area contributed by atoms with Crippen LogP contribution in [0.2, 0.25) is 0 Å². The molecule has 24 heavy (non-hydrogen) atoms. The quantitative estimate of drug-likeness (QED) is 0.693. The van der Waals surface area contributed by atoms with E-state index >= 15 is 0 Å². The molecule has 4 rings (SSSR count). The number of hydrogen-bond donors (Lipinski definition) is 0. The van der Waals surface area contributed by atoms with E-state index in [1.165, 1.54) is 10.6 Å². The van der Waals surface area contributed by atoms with Crippen molar-refractivity contribution in [3.8, 4) is 0 Å². The molecule has 120 valence electrons. The molecule has 1 atom stereocenters. The molecule has 0 N–H and O–H groups in total. The van der Waals surface area contributed by atoms with Crippen molar-refractivity contribution in [1.29, 1.82) is 0 Å². The highest BCUT2D eigenvalue weighted by atomic mass is 16.2. The van der Waals surface area contributed by atoms with Crippen LogP contribution in [0, 0.1) is 6.92 Å². The van der Waals surface area contributed by atoms with Gasteiger partial charge >= 0.3 is 0 Å². The number of fused-ring (bicyclic) bond motifs is 2. The van der Waals surface area contributed by atoms with E-state index in [4.69, 9.17) is 0 Å². The molecular weight excluding hydrogens is 302 g/mol. The zero-order valence-corrected chi connectivity index (χ0v) is 13.6. The third-order valence-electron chi connectivity index (χ3n) is 4.51. The van der Waals surface area contributed by atoms with Crippen LogP contribution in [-0.2, 0) is 6.42 Å². The van der Waals surface area contributed by atoms with Gasteiger partial charge in [0.05, 0.1) is 0 Å². The second-order valence-corrected chi connectivity index (χ2v) is 6.27. The van der Waals surface area contributed by atoms with Crippen molar-refractivity contribution >= 4 is 17.2 Å². The maximum absolute atomic E-state index is 13.0. The largest absolute Gasteiger partial charge is 0.305 e. The molecule has 0 saturated heterocycles. The van der Waals surface area contributed by atoms with E-state index in [2.05, 4.69) is 4.98 Å². The average Bonchev–Trinajstić information content (AvgIpc) is 2.91. The van der Waals surface area contributed by atoms with Crippen molar-refractivity contribution in [2.45, 2.75) is 26.3 Å². The molecule has 0 fully saturated rings. The van der Waals surface area contributed by atoms with Crippen LogP contribution in [0.1, 0.15) is 28.4 Å². The predicted molar refractivity (Wildman–Crippen MR) is 92.6 cm³/mol. The van der Waals surface area contributed by atoms with Gasteiger partial charge in [-0.25, -0.2) is 4.98 Å². The van der Waals surface area contributed by atoms with E-state index in [-0.39, 0.29) is 23.1 Å². The van der Waals surface area contributed by atoms with Crippen LogP contribution >= 0.6 is 0 Å². The predicted octanol–water partition coefficient (Wildman–Crippen LogP) is 2.59. The van der Waals surface area contributed by atoms with Gasteiger partial charge in [0.25, 0.3) is 11.5 Å². The highest BCUT2D eigenvalue weighted by Gasteiger charge is 2.32. The molecule has 5 nitrogen and oxygen atoms in total. The Morgan fingerprint density at radius 2 is 2.00 bits per heavy atom. The summed E-state index contributed by atoms with van der Waals surface area (Å²) < 4.78 is 1.44. The fourth-order valence-corrected chi connectivity index (χ4v) is 3.33. The average molecular weight is 319 g/mol. The lowest BCUT2D eigenvalue weighted by Crippen LogP contribution is -2.39. The number of para-hydroxylation sites is 1. The number of benzene rings is 1. The van der Waals surface area contributed by atoms with Gasteiger partial charge in [-0.05, 0) is 43.5 Å². The summed E-state index contributed by atoms with van der Waals surface area (Å²) >= 11 is 0. The van der Waals surface area contributed by atoms with Gasteiger partial charge < -0.3 is 4.90 Å². The Morgan fingerprint density at radius 1 is 1.21 bits per heavy atom. The van der Waals surface area contributed by atoms with Crippen LogP contribution in [0.3, 0.4) is 0 Å². The molecule has 5 heteroatoms. The summed E-state index contributed by atoms with van der Waals surface area (Å²) in [5.41, 5.74) is 3.26. The van der Waals surface area contributed by atoms with Gasteiger partial charge in [-0.15, -0.1) is 0 Å². The molecule has 0 radical (unpaired) electrons. The topological polar surface area (TPSA) is 54.7 Å². The third kappa shape index (κ3) is 2.12. The molecule has 3 aromatic rings. The minimum atomic E-state index is -0.328. The molecule has 1 aromatic carbocycles. The first-order valence-corrected chi connectivity index (χ1v) is 7.96. The van der Waals surface area contributed by atoms with Crippen LogP contribution in [0.25, 0.3) is 5.65 Å². The Labute approximate surface area is 139 Å². The number of anilines is 1. The maximum atomic E-state index is 13.0. The fourth-order valence-electron chi connectivity index (χ4n) is 3.33. The summed E-state index contributed by atoms with van der Waals surface area (Å²) in [6.45, 7) is 3.90. The number of rotatable bonds is 1. The monoisotopic (exact) mass is 319 g/mol. The summed E-state index contributed by atoms with van der Waals surface area (Å²) in [4.78, 5) is 31.8. The minimum Gasteiger partial charge on any atom is -0.305 e. The summed E-state index contributed by atoms with van der Waals surface area (Å²) in [5.74, 6) is -0.291. The van der Waals surface area contributed by atoms with Gasteiger partial charge in [-0.1, -0.05) is 24.3 Å². The Balaban J connectivity index is 1.85. The molecule has 1 amide bonds. The number of aromatic nitrogens is 2. The van der Waals surface area contributed by atoms with Crippen molar-refractivity contribution in [2.24, 2.45) is 0 Å². The number of hydrogen-bond acceptors (Lipinski definition) is 3. The number of amides is 1. The first kappa shape index (κ1) is 14.6. The highest BCUT2D eigenvalue weighted by molar-refractivity contribution is 6.07. The second kappa shape index (κ2) is 5.30. The second-order valence-electron chi connectivity index (χ2n) is 6.27.